The number of carbonyl (C=O) groups is 1. The zero-order chi connectivity index (χ0) is 19.8. The van der Waals surface area contributed by atoms with Crippen molar-refractivity contribution in [2.24, 2.45) is 0 Å². The molecule has 0 aliphatic heterocycles. The quantitative estimate of drug-likeness (QED) is 0.572. The first-order valence-electron chi connectivity index (χ1n) is 8.69. The lowest BCUT2D eigenvalue weighted by molar-refractivity contribution is 0.0948. The molecule has 0 saturated heterocycles. The van der Waals surface area contributed by atoms with E-state index in [2.05, 4.69) is 10.0 Å². The molecule has 1 amide bonds. The van der Waals surface area contributed by atoms with Gasteiger partial charge in [-0.25, -0.2) is 8.42 Å². The third-order valence-corrected chi connectivity index (χ3v) is 5.25. The molecule has 144 valence electrons. The summed E-state index contributed by atoms with van der Waals surface area (Å²) in [5.41, 5.74) is 0.453. The Balaban J connectivity index is 1.64. The molecule has 28 heavy (non-hydrogen) atoms. The monoisotopic (exact) mass is 396 g/mol. The molecule has 6 nitrogen and oxygen atoms in total. The van der Waals surface area contributed by atoms with Crippen molar-refractivity contribution in [3.05, 3.63) is 90.5 Å². The van der Waals surface area contributed by atoms with E-state index in [-0.39, 0.29) is 28.6 Å². The van der Waals surface area contributed by atoms with Gasteiger partial charge in [-0.1, -0.05) is 48.5 Å². The summed E-state index contributed by atoms with van der Waals surface area (Å²) in [5.74, 6) is 0.329. The van der Waals surface area contributed by atoms with Crippen molar-refractivity contribution in [3.8, 4) is 5.75 Å². The molecule has 0 heterocycles. The van der Waals surface area contributed by atoms with Crippen molar-refractivity contribution < 1.29 is 17.9 Å². The number of nitrogens with one attached hydrogen (secondary N) is 2. The van der Waals surface area contributed by atoms with Crippen LogP contribution in [0, 0.1) is 0 Å². The van der Waals surface area contributed by atoms with E-state index in [4.69, 9.17) is 4.74 Å². The van der Waals surface area contributed by atoms with Crippen LogP contribution < -0.4 is 14.8 Å². The van der Waals surface area contributed by atoms with Gasteiger partial charge in [0.25, 0.3) is 15.9 Å². The summed E-state index contributed by atoms with van der Waals surface area (Å²) in [6.07, 6.45) is 0. The van der Waals surface area contributed by atoms with Gasteiger partial charge in [-0.05, 0) is 36.4 Å². The molecule has 0 unspecified atom stereocenters. The normalized spacial score (nSPS) is 10.9. The molecule has 0 aliphatic rings. The Morgan fingerprint density at radius 3 is 2.14 bits per heavy atom. The molecule has 0 bridgehead atoms. The molecule has 0 aliphatic carbocycles. The lowest BCUT2D eigenvalue weighted by Gasteiger charge is -2.13. The second kappa shape index (κ2) is 9.05. The minimum atomic E-state index is -3.79. The molecule has 0 radical (unpaired) electrons. The van der Waals surface area contributed by atoms with Gasteiger partial charge in [0, 0.05) is 0 Å². The highest BCUT2D eigenvalue weighted by Crippen LogP contribution is 2.20. The maximum atomic E-state index is 12.5. The van der Waals surface area contributed by atoms with Crippen molar-refractivity contribution in [2.75, 3.05) is 17.9 Å². The number of sulfonamides is 1. The predicted octanol–water partition coefficient (Wildman–Crippen LogP) is 3.30. The lowest BCUT2D eigenvalue weighted by atomic mass is 10.1. The number of rotatable bonds is 8. The van der Waals surface area contributed by atoms with Crippen LogP contribution in [0.2, 0.25) is 0 Å². The van der Waals surface area contributed by atoms with Gasteiger partial charge < -0.3 is 10.1 Å². The van der Waals surface area contributed by atoms with Crippen molar-refractivity contribution in [2.45, 2.75) is 4.90 Å². The van der Waals surface area contributed by atoms with Gasteiger partial charge in [-0.3, -0.25) is 9.52 Å². The summed E-state index contributed by atoms with van der Waals surface area (Å²) in [6.45, 7) is 0.584. The number of para-hydroxylation sites is 2. The van der Waals surface area contributed by atoms with E-state index in [1.54, 1.807) is 42.5 Å². The summed E-state index contributed by atoms with van der Waals surface area (Å²) in [5, 5.41) is 2.74. The summed E-state index contributed by atoms with van der Waals surface area (Å²) < 4.78 is 33.1. The van der Waals surface area contributed by atoms with Crippen LogP contribution in [-0.4, -0.2) is 27.5 Å². The Morgan fingerprint density at radius 1 is 0.821 bits per heavy atom. The van der Waals surface area contributed by atoms with Crippen LogP contribution in [0.1, 0.15) is 10.4 Å². The molecule has 0 spiro atoms. The largest absolute Gasteiger partial charge is 0.492 e. The highest BCUT2D eigenvalue weighted by Gasteiger charge is 2.18. The predicted molar refractivity (Wildman–Crippen MR) is 108 cm³/mol. The third kappa shape index (κ3) is 5.11. The van der Waals surface area contributed by atoms with Crippen LogP contribution in [0.4, 0.5) is 5.69 Å². The fourth-order valence-corrected chi connectivity index (χ4v) is 3.62. The molecule has 3 aromatic rings. The number of ether oxygens (including phenoxy) is 1. The summed E-state index contributed by atoms with van der Waals surface area (Å²) in [6, 6.07) is 23.7. The fourth-order valence-electron chi connectivity index (χ4n) is 2.52. The smallest absolute Gasteiger partial charge is 0.261 e. The van der Waals surface area contributed by atoms with E-state index in [0.29, 0.717) is 12.4 Å². The van der Waals surface area contributed by atoms with Gasteiger partial charge in [-0.2, -0.15) is 0 Å². The topological polar surface area (TPSA) is 84.5 Å². The minimum absolute atomic E-state index is 0.126. The highest BCUT2D eigenvalue weighted by atomic mass is 32.2. The SMILES string of the molecule is O=C(NCCOc1ccccc1)c1ccccc1NS(=O)(=O)c1ccccc1. The molecule has 0 fully saturated rings. The van der Waals surface area contributed by atoms with Gasteiger partial charge in [-0.15, -0.1) is 0 Å². The molecular weight excluding hydrogens is 376 g/mol. The second-order valence-electron chi connectivity index (χ2n) is 5.88. The van der Waals surface area contributed by atoms with E-state index in [1.807, 2.05) is 30.3 Å². The molecule has 3 rings (SSSR count). The van der Waals surface area contributed by atoms with Crippen LogP contribution in [0.25, 0.3) is 0 Å². The first-order valence-corrected chi connectivity index (χ1v) is 10.2. The molecule has 0 saturated carbocycles. The van der Waals surface area contributed by atoms with Gasteiger partial charge in [0.2, 0.25) is 0 Å². The van der Waals surface area contributed by atoms with Crippen molar-refractivity contribution in [1.82, 2.24) is 5.32 Å². The maximum Gasteiger partial charge on any atom is 0.261 e. The van der Waals surface area contributed by atoms with E-state index in [0.717, 1.165) is 0 Å². The summed E-state index contributed by atoms with van der Waals surface area (Å²) >= 11 is 0. The molecule has 7 heteroatoms. The van der Waals surface area contributed by atoms with Gasteiger partial charge in [0.1, 0.15) is 12.4 Å². The number of amides is 1. The van der Waals surface area contributed by atoms with Crippen molar-refractivity contribution in [3.63, 3.8) is 0 Å². The molecule has 2 N–H and O–H groups in total. The molecule has 0 atom stereocenters. The van der Waals surface area contributed by atoms with Crippen LogP contribution in [0.3, 0.4) is 0 Å². The van der Waals surface area contributed by atoms with E-state index >= 15 is 0 Å². The summed E-state index contributed by atoms with van der Waals surface area (Å²) in [4.78, 5) is 12.6. The van der Waals surface area contributed by atoms with Gasteiger partial charge >= 0.3 is 0 Å². The van der Waals surface area contributed by atoms with Crippen LogP contribution in [0.5, 0.6) is 5.75 Å². The summed E-state index contributed by atoms with van der Waals surface area (Å²) in [7, 11) is -3.79. The van der Waals surface area contributed by atoms with Crippen LogP contribution >= 0.6 is 0 Å². The Hall–Kier alpha value is -3.32. The van der Waals surface area contributed by atoms with E-state index < -0.39 is 10.0 Å². The Bertz CT molecular complexity index is 1020. The molecule has 0 aromatic heterocycles. The first kappa shape index (κ1) is 19.4. The average molecular weight is 396 g/mol. The Morgan fingerprint density at radius 2 is 1.43 bits per heavy atom. The third-order valence-electron chi connectivity index (χ3n) is 3.87. The molecule has 3 aromatic carbocycles. The first-order chi connectivity index (χ1) is 13.6. The van der Waals surface area contributed by atoms with Gasteiger partial charge in [0.05, 0.1) is 22.7 Å². The molecular formula is C21H20N2O4S. The number of hydrogen-bond donors (Lipinski definition) is 2. The van der Waals surface area contributed by atoms with Crippen molar-refractivity contribution >= 4 is 21.6 Å². The van der Waals surface area contributed by atoms with E-state index in [1.165, 1.54) is 12.1 Å². The fraction of sp³-hybridized carbons (Fsp3) is 0.0952. The number of benzene rings is 3. The zero-order valence-corrected chi connectivity index (χ0v) is 15.9. The van der Waals surface area contributed by atoms with E-state index in [9.17, 15) is 13.2 Å². The maximum absolute atomic E-state index is 12.5. The zero-order valence-electron chi connectivity index (χ0n) is 15.0. The standard InChI is InChI=1S/C21H20N2O4S/c24-21(22-15-16-27-17-9-3-1-4-10-17)19-13-7-8-14-20(19)23-28(25,26)18-11-5-2-6-12-18/h1-14,23H,15-16H2,(H,22,24). The van der Waals surface area contributed by atoms with Crippen molar-refractivity contribution in [1.29, 1.82) is 0 Å². The number of carbonyl (C=O) groups excluding carboxylic acids is 1. The average Bonchev–Trinajstić information content (AvgIpc) is 2.72. The lowest BCUT2D eigenvalue weighted by Crippen LogP contribution is -2.29. The highest BCUT2D eigenvalue weighted by molar-refractivity contribution is 7.92. The minimum Gasteiger partial charge on any atom is -0.492 e. The van der Waals surface area contributed by atoms with Crippen LogP contribution in [-0.2, 0) is 10.0 Å². The Kier molecular flexibility index (Phi) is 6.29. The second-order valence-corrected chi connectivity index (χ2v) is 7.56. The number of anilines is 1. The Labute approximate surface area is 164 Å². The number of hydrogen-bond acceptors (Lipinski definition) is 4. The van der Waals surface area contributed by atoms with Gasteiger partial charge in [0.15, 0.2) is 0 Å². The van der Waals surface area contributed by atoms with Crippen LogP contribution in [0.15, 0.2) is 89.8 Å².